The van der Waals surface area contributed by atoms with E-state index in [9.17, 15) is 17.4 Å². The van der Waals surface area contributed by atoms with Gasteiger partial charge in [-0.15, -0.1) is 0 Å². The maximum Gasteiger partial charge on any atom is 0.301 e. The Morgan fingerprint density at radius 2 is 1.64 bits per heavy atom. The van der Waals surface area contributed by atoms with Crippen LogP contribution in [0.1, 0.15) is 23.2 Å². The molecule has 0 saturated carbocycles. The zero-order valence-electron chi connectivity index (χ0n) is 12.5. The molecule has 1 aliphatic rings. The first-order valence-electron chi connectivity index (χ1n) is 6.77. The van der Waals surface area contributed by atoms with Crippen LogP contribution in [0.15, 0.2) is 28.6 Å². The number of hydrogen-bond acceptors (Lipinski definition) is 4. The van der Waals surface area contributed by atoms with Gasteiger partial charge < -0.3 is 0 Å². The minimum absolute atomic E-state index is 0.264. The van der Waals surface area contributed by atoms with Gasteiger partial charge in [-0.05, 0) is 37.1 Å². The lowest BCUT2D eigenvalue weighted by Crippen LogP contribution is -2.33. The molecule has 9 heteroatoms. The maximum absolute atomic E-state index is 12.1. The van der Waals surface area contributed by atoms with Crippen LogP contribution in [0.4, 0.5) is 5.69 Å². The Morgan fingerprint density at radius 1 is 1.09 bits per heavy atom. The van der Waals surface area contributed by atoms with E-state index in [1.54, 1.807) is 0 Å². The standard InChI is InChI=1S/C13H19N3O4S2/c1-21(2,18)15-13(17)11-5-7-12(8-6-11)14-22(19,20)16-9-3-4-10-16/h5-8,14H,3-4,9-10H2,1-2H3. The number of benzene rings is 1. The summed E-state index contributed by atoms with van der Waals surface area (Å²) in [4.78, 5) is 11.8. The topological polar surface area (TPSA) is 95.9 Å². The van der Waals surface area contributed by atoms with Gasteiger partial charge in [0, 0.05) is 46.6 Å². The molecule has 1 fully saturated rings. The average molecular weight is 345 g/mol. The maximum atomic E-state index is 12.1. The number of carbonyl (C=O) groups excluding carboxylic acids is 1. The predicted molar refractivity (Wildman–Crippen MR) is 86.5 cm³/mol. The van der Waals surface area contributed by atoms with Crippen molar-refractivity contribution < 1.29 is 17.4 Å². The number of carbonyl (C=O) groups is 1. The molecular weight excluding hydrogens is 326 g/mol. The van der Waals surface area contributed by atoms with Gasteiger partial charge in [-0.2, -0.15) is 17.1 Å². The number of hydrogen-bond donors (Lipinski definition) is 1. The summed E-state index contributed by atoms with van der Waals surface area (Å²) in [6, 6.07) is 5.89. The first-order chi connectivity index (χ1) is 10.2. The summed E-state index contributed by atoms with van der Waals surface area (Å²) in [5.74, 6) is -0.580. The normalized spacial score (nSPS) is 16.5. The summed E-state index contributed by atoms with van der Waals surface area (Å²) in [6.45, 7) is 1.04. The van der Waals surface area contributed by atoms with Gasteiger partial charge in [-0.3, -0.25) is 9.52 Å². The van der Waals surface area contributed by atoms with Crippen LogP contribution in [0.25, 0.3) is 0 Å². The zero-order valence-corrected chi connectivity index (χ0v) is 14.1. The Bertz CT molecular complexity index is 764. The summed E-state index contributed by atoms with van der Waals surface area (Å²) < 4.78 is 43.1. The second-order valence-corrected chi connectivity index (χ2v) is 9.58. The Morgan fingerprint density at radius 3 is 2.14 bits per heavy atom. The highest BCUT2D eigenvalue weighted by Crippen LogP contribution is 2.17. The van der Waals surface area contributed by atoms with Crippen LogP contribution in [0.3, 0.4) is 0 Å². The number of amides is 1. The van der Waals surface area contributed by atoms with Gasteiger partial charge in [0.05, 0.1) is 0 Å². The molecule has 0 bridgehead atoms. The van der Waals surface area contributed by atoms with Gasteiger partial charge in [0.15, 0.2) is 0 Å². The minimum Gasteiger partial charge on any atom is -0.271 e. The Balaban J connectivity index is 2.12. The lowest BCUT2D eigenvalue weighted by atomic mass is 10.2. The molecule has 0 atom stereocenters. The minimum atomic E-state index is -3.55. The van der Waals surface area contributed by atoms with Gasteiger partial charge in [-0.1, -0.05) is 0 Å². The summed E-state index contributed by atoms with van der Waals surface area (Å²) in [7, 11) is -6.06. The van der Waals surface area contributed by atoms with Gasteiger partial charge in [-0.25, -0.2) is 4.21 Å². The van der Waals surface area contributed by atoms with Crippen molar-refractivity contribution in [3.8, 4) is 0 Å². The number of anilines is 1. The largest absolute Gasteiger partial charge is 0.301 e. The van der Waals surface area contributed by atoms with Crippen LogP contribution >= 0.6 is 0 Å². The number of rotatable bonds is 4. The van der Waals surface area contributed by atoms with Crippen LogP contribution in [0.2, 0.25) is 0 Å². The van der Waals surface area contributed by atoms with Crippen LogP contribution in [0.5, 0.6) is 0 Å². The van der Waals surface area contributed by atoms with Gasteiger partial charge in [0.2, 0.25) is 0 Å². The van der Waals surface area contributed by atoms with Crippen molar-refractivity contribution in [2.24, 2.45) is 4.36 Å². The first kappa shape index (κ1) is 16.9. The average Bonchev–Trinajstić information content (AvgIpc) is 2.91. The van der Waals surface area contributed by atoms with E-state index in [0.717, 1.165) is 12.8 Å². The number of nitrogens with zero attached hydrogens (tertiary/aromatic N) is 2. The van der Waals surface area contributed by atoms with Crippen molar-refractivity contribution in [1.29, 1.82) is 0 Å². The summed E-state index contributed by atoms with van der Waals surface area (Å²) in [6.07, 6.45) is 4.49. The Labute approximate surface area is 131 Å². The molecular formula is C13H19N3O4S2. The molecule has 0 aliphatic carbocycles. The molecule has 7 nitrogen and oxygen atoms in total. The van der Waals surface area contributed by atoms with E-state index in [0.29, 0.717) is 18.8 Å². The second-order valence-electron chi connectivity index (χ2n) is 5.37. The van der Waals surface area contributed by atoms with Crippen molar-refractivity contribution in [2.45, 2.75) is 12.8 Å². The van der Waals surface area contributed by atoms with Crippen molar-refractivity contribution in [2.75, 3.05) is 30.3 Å². The van der Waals surface area contributed by atoms with E-state index >= 15 is 0 Å². The summed E-state index contributed by atoms with van der Waals surface area (Å²) in [5.41, 5.74) is 0.637. The van der Waals surface area contributed by atoms with E-state index in [1.807, 2.05) is 0 Å². The molecule has 1 aliphatic heterocycles. The molecule has 122 valence electrons. The Hall–Kier alpha value is -1.45. The number of nitrogens with one attached hydrogen (secondary N) is 1. The van der Waals surface area contributed by atoms with E-state index in [-0.39, 0.29) is 5.56 Å². The highest BCUT2D eigenvalue weighted by Gasteiger charge is 2.25. The zero-order chi connectivity index (χ0) is 16.4. The van der Waals surface area contributed by atoms with Crippen molar-refractivity contribution in [3.63, 3.8) is 0 Å². The fraction of sp³-hybridized carbons (Fsp3) is 0.462. The highest BCUT2D eigenvalue weighted by atomic mass is 32.2. The molecule has 1 aromatic rings. The summed E-state index contributed by atoms with van der Waals surface area (Å²) in [5, 5.41) is 0. The van der Waals surface area contributed by atoms with E-state index in [1.165, 1.54) is 41.1 Å². The molecule has 0 spiro atoms. The smallest absolute Gasteiger partial charge is 0.271 e. The molecule has 22 heavy (non-hydrogen) atoms. The predicted octanol–water partition coefficient (Wildman–Crippen LogP) is 1.31. The van der Waals surface area contributed by atoms with E-state index in [2.05, 4.69) is 9.08 Å². The molecule has 2 rings (SSSR count). The second kappa shape index (κ2) is 6.35. The quantitative estimate of drug-likeness (QED) is 0.890. The van der Waals surface area contributed by atoms with E-state index in [4.69, 9.17) is 0 Å². The third-order valence-corrected chi connectivity index (χ3v) is 5.23. The van der Waals surface area contributed by atoms with Gasteiger partial charge in [0.1, 0.15) is 0 Å². The molecule has 1 heterocycles. The SMILES string of the molecule is CS(C)(=O)=NC(=O)c1ccc(NS(=O)(=O)N2CCCC2)cc1. The van der Waals surface area contributed by atoms with Crippen LogP contribution in [-0.4, -0.2) is 48.4 Å². The fourth-order valence-electron chi connectivity index (χ4n) is 2.08. The molecule has 0 unspecified atom stereocenters. The third-order valence-electron chi connectivity index (χ3n) is 3.09. The summed E-state index contributed by atoms with van der Waals surface area (Å²) >= 11 is 0. The van der Waals surface area contributed by atoms with Crippen molar-refractivity contribution in [1.82, 2.24) is 4.31 Å². The monoisotopic (exact) mass is 345 g/mol. The first-order valence-corrected chi connectivity index (χ1v) is 10.5. The molecule has 0 radical (unpaired) electrons. The molecule has 1 saturated heterocycles. The van der Waals surface area contributed by atoms with Crippen LogP contribution in [-0.2, 0) is 19.9 Å². The van der Waals surface area contributed by atoms with Gasteiger partial charge >= 0.3 is 10.2 Å². The lowest BCUT2D eigenvalue weighted by Gasteiger charge is -2.16. The highest BCUT2D eigenvalue weighted by molar-refractivity contribution is 7.92. The molecule has 1 N–H and O–H groups in total. The van der Waals surface area contributed by atoms with Crippen molar-refractivity contribution >= 4 is 31.5 Å². The Kier molecular flexibility index (Phi) is 4.88. The molecule has 1 aromatic carbocycles. The molecule has 0 aromatic heterocycles. The van der Waals surface area contributed by atoms with E-state index < -0.39 is 25.8 Å². The van der Waals surface area contributed by atoms with Crippen molar-refractivity contribution in [3.05, 3.63) is 29.8 Å². The fourth-order valence-corrected chi connectivity index (χ4v) is 3.88. The lowest BCUT2D eigenvalue weighted by molar-refractivity contribution is 0.100. The van der Waals surface area contributed by atoms with Crippen LogP contribution < -0.4 is 4.72 Å². The van der Waals surface area contributed by atoms with Crippen LogP contribution in [0, 0.1) is 0 Å². The van der Waals surface area contributed by atoms with Gasteiger partial charge in [0.25, 0.3) is 5.91 Å². The molecule has 1 amide bonds. The third kappa shape index (κ3) is 4.52.